The smallest absolute Gasteiger partial charge is 0.436 e. The van der Waals surface area contributed by atoms with Crippen molar-refractivity contribution in [2.24, 2.45) is 5.92 Å². The lowest BCUT2D eigenvalue weighted by molar-refractivity contribution is -0.148. The summed E-state index contributed by atoms with van der Waals surface area (Å²) >= 11 is 6.25. The Bertz CT molecular complexity index is 1970. The third-order valence-corrected chi connectivity index (χ3v) is 8.93. The van der Waals surface area contributed by atoms with Gasteiger partial charge in [-0.15, -0.1) is 5.10 Å². The highest BCUT2D eigenvalue weighted by molar-refractivity contribution is 6.31. The van der Waals surface area contributed by atoms with Crippen LogP contribution in [0.25, 0.3) is 16.8 Å². The van der Waals surface area contributed by atoms with Crippen LogP contribution in [0, 0.1) is 5.92 Å². The average molecular weight is 638 g/mol. The van der Waals surface area contributed by atoms with Crippen LogP contribution in [0.3, 0.4) is 0 Å². The number of aromatic nitrogens is 4. The van der Waals surface area contributed by atoms with Gasteiger partial charge in [0.1, 0.15) is 6.04 Å². The molecule has 0 unspecified atom stereocenters. The molecule has 45 heavy (non-hydrogen) atoms. The molecule has 2 aromatic heterocycles. The Balaban J connectivity index is 1.15. The second-order valence-electron chi connectivity index (χ2n) is 11.3. The Labute approximate surface area is 257 Å². The van der Waals surface area contributed by atoms with E-state index in [4.69, 9.17) is 16.3 Å². The van der Waals surface area contributed by atoms with Crippen LogP contribution in [0.5, 0.6) is 0 Å². The van der Waals surface area contributed by atoms with E-state index in [9.17, 15) is 32.3 Å². The van der Waals surface area contributed by atoms with E-state index in [0.29, 0.717) is 52.4 Å². The van der Waals surface area contributed by atoms with Crippen molar-refractivity contribution in [1.82, 2.24) is 19.6 Å². The molecule has 3 aliphatic rings. The summed E-state index contributed by atoms with van der Waals surface area (Å²) < 4.78 is 47.4. The number of pyridine rings is 1. The fraction of sp³-hybridized carbons (Fsp3) is 0.290. The monoisotopic (exact) mass is 637 g/mol. The fourth-order valence-corrected chi connectivity index (χ4v) is 6.57. The van der Waals surface area contributed by atoms with E-state index in [-0.39, 0.29) is 23.4 Å². The zero-order chi connectivity index (χ0) is 31.6. The summed E-state index contributed by atoms with van der Waals surface area (Å²) in [5.41, 5.74) is 1.73. The van der Waals surface area contributed by atoms with Gasteiger partial charge in [0, 0.05) is 45.9 Å². The van der Waals surface area contributed by atoms with Gasteiger partial charge in [-0.2, -0.15) is 13.2 Å². The summed E-state index contributed by atoms with van der Waals surface area (Å²) in [5.74, 6) is -1.52. The Morgan fingerprint density at radius 3 is 2.60 bits per heavy atom. The molecule has 230 valence electrons. The molecule has 4 heterocycles. The van der Waals surface area contributed by atoms with Crippen molar-refractivity contribution in [3.05, 3.63) is 92.6 Å². The minimum Gasteiger partial charge on any atom is -0.456 e. The summed E-state index contributed by atoms with van der Waals surface area (Å²) in [5, 5.41) is 9.91. The third kappa shape index (κ3) is 5.10. The zero-order valence-electron chi connectivity index (χ0n) is 23.3. The van der Waals surface area contributed by atoms with Gasteiger partial charge in [0.2, 0.25) is 5.91 Å². The third-order valence-electron chi connectivity index (χ3n) is 8.70. The molecule has 14 heteroatoms. The second-order valence-corrected chi connectivity index (χ2v) is 11.8. The molecule has 1 saturated carbocycles. The number of anilines is 1. The number of alkyl halides is 3. The molecule has 10 nitrogen and oxygen atoms in total. The first kappa shape index (κ1) is 29.0. The molecule has 3 atom stereocenters. The summed E-state index contributed by atoms with van der Waals surface area (Å²) in [4.78, 5) is 51.5. The number of hydrogen-bond donors (Lipinski definition) is 1. The second kappa shape index (κ2) is 10.7. The minimum absolute atomic E-state index is 0.0910. The SMILES string of the molecule is O=C1CCc2cc(C(=O)COC(=O)[C@@H]3[C@H]4CC[C@H]4c4cc(-c5cc(Cl)ccc5-n5cc(C(F)(F)F)nn5)cc(=O)n43)ccc2N1. The maximum absolute atomic E-state index is 13.6. The number of aryl methyl sites for hydroxylation is 1. The Kier molecular flexibility index (Phi) is 6.88. The van der Waals surface area contributed by atoms with Gasteiger partial charge < -0.3 is 10.1 Å². The summed E-state index contributed by atoms with van der Waals surface area (Å²) in [7, 11) is 0. The molecule has 0 bridgehead atoms. The van der Waals surface area contributed by atoms with E-state index in [1.165, 1.54) is 28.8 Å². The molecule has 1 N–H and O–H groups in total. The number of carbonyl (C=O) groups excluding carboxylic acids is 3. The van der Waals surface area contributed by atoms with E-state index in [0.717, 1.165) is 22.9 Å². The molecule has 2 aromatic carbocycles. The molecule has 0 saturated heterocycles. The molecule has 1 aliphatic carbocycles. The number of benzene rings is 2. The standard InChI is InChI=1S/C31H23ClF3N5O5/c32-18-3-7-23(39-13-26(37-38-39)31(33,34)35)21(12-18)17-10-24-19-4-5-20(19)29(40(24)28(43)11-17)30(44)45-14-25(41)16-1-6-22-15(9-16)2-8-27(42)36-22/h1,3,6-7,9-13,19-20,29H,2,4-5,8,14H2,(H,36,42)/t19-,20+,29+/m1/s1. The van der Waals surface area contributed by atoms with Crippen molar-refractivity contribution in [2.75, 3.05) is 11.9 Å². The lowest BCUT2D eigenvalue weighted by atomic mass is 9.71. The topological polar surface area (TPSA) is 125 Å². The molecule has 1 amide bonds. The molecule has 2 aliphatic heterocycles. The first-order valence-electron chi connectivity index (χ1n) is 14.2. The number of rotatable bonds is 6. The van der Waals surface area contributed by atoms with E-state index in [1.54, 1.807) is 24.3 Å². The minimum atomic E-state index is -4.69. The molecule has 4 aromatic rings. The fourth-order valence-electron chi connectivity index (χ4n) is 6.39. The van der Waals surface area contributed by atoms with Crippen LogP contribution in [-0.2, 0) is 26.9 Å². The van der Waals surface area contributed by atoms with Crippen LogP contribution < -0.4 is 10.9 Å². The van der Waals surface area contributed by atoms with Crippen LogP contribution in [0.2, 0.25) is 5.02 Å². The number of nitrogens with one attached hydrogen (secondary N) is 1. The number of ether oxygens (including phenoxy) is 1. The highest BCUT2D eigenvalue weighted by Gasteiger charge is 2.51. The average Bonchev–Trinajstić information content (AvgIpc) is 3.56. The molecule has 0 radical (unpaired) electrons. The lowest BCUT2D eigenvalue weighted by Gasteiger charge is -2.32. The zero-order valence-corrected chi connectivity index (χ0v) is 24.1. The number of halogens is 4. The number of Topliss-reactive ketones (excluding diaryl/α,β-unsaturated/α-hetero) is 1. The molecular formula is C31H23ClF3N5O5. The van der Waals surface area contributed by atoms with Gasteiger partial charge in [-0.3, -0.25) is 19.0 Å². The van der Waals surface area contributed by atoms with Gasteiger partial charge in [-0.1, -0.05) is 16.8 Å². The summed E-state index contributed by atoms with van der Waals surface area (Å²) in [6.07, 6.45) is -1.72. The highest BCUT2D eigenvalue weighted by atomic mass is 35.5. The Hall–Kier alpha value is -4.78. The van der Waals surface area contributed by atoms with Gasteiger partial charge in [-0.25, -0.2) is 9.48 Å². The number of esters is 1. The van der Waals surface area contributed by atoms with E-state index in [1.807, 2.05) is 0 Å². The Morgan fingerprint density at radius 2 is 1.87 bits per heavy atom. The van der Waals surface area contributed by atoms with Crippen molar-refractivity contribution in [3.63, 3.8) is 0 Å². The van der Waals surface area contributed by atoms with Gasteiger partial charge in [-0.05, 0) is 78.8 Å². The lowest BCUT2D eigenvalue weighted by Crippen LogP contribution is -2.34. The van der Waals surface area contributed by atoms with Gasteiger partial charge in [0.15, 0.2) is 18.1 Å². The Morgan fingerprint density at radius 1 is 1.04 bits per heavy atom. The largest absolute Gasteiger partial charge is 0.456 e. The van der Waals surface area contributed by atoms with Gasteiger partial charge in [0.25, 0.3) is 5.56 Å². The van der Waals surface area contributed by atoms with Crippen LogP contribution in [0.15, 0.2) is 59.5 Å². The van der Waals surface area contributed by atoms with Crippen molar-refractivity contribution in [1.29, 1.82) is 0 Å². The quantitative estimate of drug-likeness (QED) is 0.230. The van der Waals surface area contributed by atoms with Gasteiger partial charge in [0.05, 0.1) is 11.9 Å². The van der Waals surface area contributed by atoms with Crippen LogP contribution >= 0.6 is 11.6 Å². The normalized spacial score (nSPS) is 20.0. The number of hydrogen-bond acceptors (Lipinski definition) is 7. The molecule has 7 rings (SSSR count). The molecule has 1 fully saturated rings. The summed E-state index contributed by atoms with van der Waals surface area (Å²) in [6, 6.07) is 11.5. The number of carbonyl (C=O) groups is 3. The van der Waals surface area contributed by atoms with Crippen LogP contribution in [0.1, 0.15) is 58.5 Å². The first-order chi connectivity index (χ1) is 21.5. The maximum atomic E-state index is 13.6. The van der Waals surface area contributed by atoms with E-state index < -0.39 is 41.8 Å². The van der Waals surface area contributed by atoms with Crippen molar-refractivity contribution >= 4 is 34.9 Å². The predicted octanol–water partition coefficient (Wildman–Crippen LogP) is 5.13. The molecular weight excluding hydrogens is 615 g/mol. The van der Waals surface area contributed by atoms with E-state index in [2.05, 4.69) is 15.6 Å². The molecule has 0 spiro atoms. The van der Waals surface area contributed by atoms with Crippen LogP contribution in [-0.4, -0.2) is 43.8 Å². The number of amides is 1. The predicted molar refractivity (Wildman–Crippen MR) is 154 cm³/mol. The number of fused-ring (bicyclic) bond motifs is 4. The van der Waals surface area contributed by atoms with E-state index >= 15 is 0 Å². The maximum Gasteiger partial charge on any atom is 0.436 e. The van der Waals surface area contributed by atoms with Crippen molar-refractivity contribution in [2.45, 2.75) is 43.8 Å². The van der Waals surface area contributed by atoms with Crippen molar-refractivity contribution < 1.29 is 32.3 Å². The van der Waals surface area contributed by atoms with Gasteiger partial charge >= 0.3 is 12.1 Å². The number of nitrogens with zero attached hydrogens (tertiary/aromatic N) is 4. The van der Waals surface area contributed by atoms with Crippen molar-refractivity contribution in [3.8, 4) is 16.8 Å². The first-order valence-corrected chi connectivity index (χ1v) is 14.5. The summed E-state index contributed by atoms with van der Waals surface area (Å²) in [6.45, 7) is -0.510. The van der Waals surface area contributed by atoms with Crippen LogP contribution in [0.4, 0.5) is 18.9 Å². The number of ketones is 1. The highest BCUT2D eigenvalue weighted by Crippen LogP contribution is 2.54.